The minimum atomic E-state index is -0.379. The number of aliphatic hydroxyl groups is 1. The number of methoxy groups -OCH3 is 1. The molecule has 0 aromatic rings. The average Bonchev–Trinajstić information content (AvgIpc) is 2.65. The van der Waals surface area contributed by atoms with Gasteiger partial charge in [-0.25, -0.2) is 0 Å². The van der Waals surface area contributed by atoms with Crippen molar-refractivity contribution in [1.82, 2.24) is 4.90 Å². The second kappa shape index (κ2) is 6.86. The maximum atomic E-state index is 11.5. The van der Waals surface area contributed by atoms with Crippen molar-refractivity contribution in [2.24, 2.45) is 0 Å². The Kier molecular flexibility index (Phi) is 5.77. The summed E-state index contributed by atoms with van der Waals surface area (Å²) < 4.78 is 4.75. The Labute approximate surface area is 97.6 Å². The normalized spacial score (nSPS) is 25.9. The monoisotopic (exact) mass is 229 g/mol. The number of β-amino-alcohol motifs (C(OH)–C–C–N with tert-alkyl or cyclic N) is 1. The first-order chi connectivity index (χ1) is 7.69. The molecule has 1 aliphatic rings. The van der Waals surface area contributed by atoms with Gasteiger partial charge >= 0.3 is 5.97 Å². The van der Waals surface area contributed by atoms with Gasteiger partial charge in [0, 0.05) is 13.0 Å². The summed E-state index contributed by atoms with van der Waals surface area (Å²) in [5.74, 6) is -0.216. The van der Waals surface area contributed by atoms with Gasteiger partial charge in [-0.3, -0.25) is 9.69 Å². The van der Waals surface area contributed by atoms with E-state index in [1.807, 2.05) is 4.90 Å². The van der Waals surface area contributed by atoms with Crippen LogP contribution in [0.4, 0.5) is 0 Å². The minimum absolute atomic E-state index is 0.216. The molecule has 0 bridgehead atoms. The molecule has 1 rings (SSSR count). The van der Waals surface area contributed by atoms with Crippen LogP contribution in [0.5, 0.6) is 0 Å². The number of esters is 1. The number of unbranched alkanes of at least 4 members (excludes halogenated alkanes) is 3. The van der Waals surface area contributed by atoms with Gasteiger partial charge in [0.25, 0.3) is 0 Å². The minimum Gasteiger partial charge on any atom is -0.468 e. The van der Waals surface area contributed by atoms with Crippen LogP contribution in [-0.4, -0.2) is 48.3 Å². The summed E-state index contributed by atoms with van der Waals surface area (Å²) in [5.41, 5.74) is 0. The highest BCUT2D eigenvalue weighted by molar-refractivity contribution is 5.76. The fourth-order valence-electron chi connectivity index (χ4n) is 2.25. The molecule has 0 amide bonds. The van der Waals surface area contributed by atoms with Crippen LogP contribution in [-0.2, 0) is 9.53 Å². The molecule has 2 unspecified atom stereocenters. The molecule has 1 N–H and O–H groups in total. The number of aliphatic hydroxyl groups excluding tert-OH is 1. The fraction of sp³-hybridized carbons (Fsp3) is 0.917. The van der Waals surface area contributed by atoms with Crippen LogP contribution in [0, 0.1) is 0 Å². The summed E-state index contributed by atoms with van der Waals surface area (Å²) in [7, 11) is 1.41. The molecule has 0 aromatic carbocycles. The lowest BCUT2D eigenvalue weighted by atomic mass is 10.2. The van der Waals surface area contributed by atoms with E-state index in [2.05, 4.69) is 6.92 Å². The lowest BCUT2D eigenvalue weighted by Crippen LogP contribution is -2.37. The van der Waals surface area contributed by atoms with E-state index in [9.17, 15) is 9.90 Å². The van der Waals surface area contributed by atoms with Gasteiger partial charge in [-0.1, -0.05) is 26.2 Å². The second-order valence-electron chi connectivity index (χ2n) is 4.48. The number of hydrogen-bond donors (Lipinski definition) is 1. The molecule has 0 aliphatic carbocycles. The highest BCUT2D eigenvalue weighted by Crippen LogP contribution is 2.19. The Morgan fingerprint density at radius 2 is 2.19 bits per heavy atom. The van der Waals surface area contributed by atoms with E-state index in [1.54, 1.807) is 0 Å². The summed E-state index contributed by atoms with van der Waals surface area (Å²) in [4.78, 5) is 13.5. The first-order valence-corrected chi connectivity index (χ1v) is 6.19. The van der Waals surface area contributed by atoms with Crippen LogP contribution < -0.4 is 0 Å². The third-order valence-electron chi connectivity index (χ3n) is 3.15. The van der Waals surface area contributed by atoms with Crippen LogP contribution in [0.1, 0.15) is 39.0 Å². The standard InChI is InChI=1S/C12H23NO3/c1-3-4-5-6-7-13-9-10(14)8-11(13)12(15)16-2/h10-11,14H,3-9H2,1-2H3. The third kappa shape index (κ3) is 3.76. The first kappa shape index (κ1) is 13.5. The van der Waals surface area contributed by atoms with E-state index in [0.717, 1.165) is 13.0 Å². The molecule has 1 aliphatic heterocycles. The molecule has 1 saturated heterocycles. The number of likely N-dealkylation sites (tertiary alicyclic amines) is 1. The topological polar surface area (TPSA) is 49.8 Å². The van der Waals surface area contributed by atoms with Gasteiger partial charge in [-0.15, -0.1) is 0 Å². The van der Waals surface area contributed by atoms with Crippen LogP contribution in [0.2, 0.25) is 0 Å². The summed E-state index contributed by atoms with van der Waals surface area (Å²) in [6.07, 6.45) is 4.86. The van der Waals surface area contributed by atoms with Crippen molar-refractivity contribution in [1.29, 1.82) is 0 Å². The molecular weight excluding hydrogens is 206 g/mol. The van der Waals surface area contributed by atoms with E-state index >= 15 is 0 Å². The molecule has 1 fully saturated rings. The molecule has 4 nitrogen and oxygen atoms in total. The Bertz CT molecular complexity index is 220. The summed E-state index contributed by atoms with van der Waals surface area (Å²) in [5, 5.41) is 9.57. The summed E-state index contributed by atoms with van der Waals surface area (Å²) in [6.45, 7) is 3.67. The van der Waals surface area contributed by atoms with E-state index in [0.29, 0.717) is 13.0 Å². The van der Waals surface area contributed by atoms with Gasteiger partial charge < -0.3 is 9.84 Å². The number of carbonyl (C=O) groups is 1. The zero-order chi connectivity index (χ0) is 12.0. The highest BCUT2D eigenvalue weighted by atomic mass is 16.5. The zero-order valence-corrected chi connectivity index (χ0v) is 10.3. The molecular formula is C12H23NO3. The molecule has 1 heterocycles. The van der Waals surface area contributed by atoms with Gasteiger partial charge in [0.1, 0.15) is 6.04 Å². The lowest BCUT2D eigenvalue weighted by Gasteiger charge is -2.21. The van der Waals surface area contributed by atoms with Gasteiger partial charge in [0.15, 0.2) is 0 Å². The van der Waals surface area contributed by atoms with Crippen molar-refractivity contribution in [2.45, 2.75) is 51.2 Å². The predicted octanol–water partition coefficient (Wildman–Crippen LogP) is 1.17. The maximum Gasteiger partial charge on any atom is 0.323 e. The number of carbonyl (C=O) groups excluding carboxylic acids is 1. The van der Waals surface area contributed by atoms with Crippen molar-refractivity contribution in [2.75, 3.05) is 20.2 Å². The first-order valence-electron chi connectivity index (χ1n) is 6.19. The number of ether oxygens (including phenoxy) is 1. The fourth-order valence-corrected chi connectivity index (χ4v) is 2.25. The van der Waals surface area contributed by atoms with Gasteiger partial charge in [-0.2, -0.15) is 0 Å². The van der Waals surface area contributed by atoms with Gasteiger partial charge in [0.05, 0.1) is 13.2 Å². The quantitative estimate of drug-likeness (QED) is 0.549. The van der Waals surface area contributed by atoms with Gasteiger partial charge in [0.2, 0.25) is 0 Å². The van der Waals surface area contributed by atoms with Crippen molar-refractivity contribution < 1.29 is 14.6 Å². The largest absolute Gasteiger partial charge is 0.468 e. The summed E-state index contributed by atoms with van der Waals surface area (Å²) in [6, 6.07) is -0.235. The highest BCUT2D eigenvalue weighted by Gasteiger charge is 2.35. The maximum absolute atomic E-state index is 11.5. The van der Waals surface area contributed by atoms with Crippen molar-refractivity contribution in [3.05, 3.63) is 0 Å². The second-order valence-corrected chi connectivity index (χ2v) is 4.48. The Balaban J connectivity index is 2.34. The SMILES string of the molecule is CCCCCCN1CC(O)CC1C(=O)OC. The Morgan fingerprint density at radius 3 is 2.81 bits per heavy atom. The average molecular weight is 229 g/mol. The van der Waals surface area contributed by atoms with E-state index < -0.39 is 0 Å². The Morgan fingerprint density at radius 1 is 1.44 bits per heavy atom. The van der Waals surface area contributed by atoms with Crippen molar-refractivity contribution in [3.63, 3.8) is 0 Å². The van der Waals surface area contributed by atoms with Crippen LogP contribution in [0.25, 0.3) is 0 Å². The molecule has 2 atom stereocenters. The van der Waals surface area contributed by atoms with Crippen molar-refractivity contribution in [3.8, 4) is 0 Å². The van der Waals surface area contributed by atoms with E-state index in [4.69, 9.17) is 4.74 Å². The summed E-state index contributed by atoms with van der Waals surface area (Å²) >= 11 is 0. The van der Waals surface area contributed by atoms with Crippen LogP contribution >= 0.6 is 0 Å². The van der Waals surface area contributed by atoms with Crippen molar-refractivity contribution >= 4 is 5.97 Å². The van der Waals surface area contributed by atoms with Crippen LogP contribution in [0.3, 0.4) is 0 Å². The molecule has 16 heavy (non-hydrogen) atoms. The van der Waals surface area contributed by atoms with E-state index in [-0.39, 0.29) is 18.1 Å². The number of nitrogens with zero attached hydrogens (tertiary/aromatic N) is 1. The van der Waals surface area contributed by atoms with Gasteiger partial charge in [-0.05, 0) is 13.0 Å². The molecule has 0 radical (unpaired) electrons. The molecule has 0 saturated carbocycles. The smallest absolute Gasteiger partial charge is 0.323 e. The Hall–Kier alpha value is -0.610. The third-order valence-corrected chi connectivity index (χ3v) is 3.15. The number of rotatable bonds is 6. The zero-order valence-electron chi connectivity index (χ0n) is 10.3. The predicted molar refractivity (Wildman–Crippen MR) is 62.1 cm³/mol. The number of hydrogen-bond acceptors (Lipinski definition) is 4. The molecule has 4 heteroatoms. The molecule has 94 valence electrons. The van der Waals surface area contributed by atoms with Crippen LogP contribution in [0.15, 0.2) is 0 Å². The van der Waals surface area contributed by atoms with E-state index in [1.165, 1.54) is 26.4 Å². The molecule has 0 aromatic heterocycles. The molecule has 0 spiro atoms. The lowest BCUT2D eigenvalue weighted by molar-refractivity contribution is -0.145.